The summed E-state index contributed by atoms with van der Waals surface area (Å²) in [6.07, 6.45) is 0. The van der Waals surface area contributed by atoms with Crippen LogP contribution in [-0.2, 0) is 10.2 Å². The molecule has 0 aliphatic carbocycles. The van der Waals surface area contributed by atoms with E-state index in [4.69, 9.17) is 14.9 Å². The van der Waals surface area contributed by atoms with E-state index in [1.165, 1.54) is 12.1 Å². The van der Waals surface area contributed by atoms with Crippen LogP contribution < -0.4 is 4.74 Å². The maximum Gasteiger partial charge on any atom is 0.341 e. The third kappa shape index (κ3) is 3.48. The highest BCUT2D eigenvalue weighted by Crippen LogP contribution is 2.28. The van der Waals surface area contributed by atoms with Gasteiger partial charge in [-0.05, 0) is 23.1 Å². The normalized spacial score (nSPS) is 11.1. The lowest BCUT2D eigenvalue weighted by molar-refractivity contribution is -0.139. The molecule has 18 heavy (non-hydrogen) atoms. The fraction of sp³-hybridized carbons (Fsp3) is 0.385. The molecular formula is C13H16O5. The molecule has 0 saturated carbocycles. The quantitative estimate of drug-likeness (QED) is 0.857. The standard InChI is InChI=1S/C13H16O5/c1-13(2,3)8-4-5-10(18-7-11(14)15)9(6-8)12(16)17/h4-6H,7H2,1-3H3,(H,14,15)(H,16,17). The number of aromatic carboxylic acids is 1. The molecule has 1 rings (SSSR count). The molecule has 0 bridgehead atoms. The number of carbonyl (C=O) groups is 2. The van der Waals surface area contributed by atoms with E-state index >= 15 is 0 Å². The van der Waals surface area contributed by atoms with E-state index in [0.717, 1.165) is 5.56 Å². The average molecular weight is 252 g/mol. The van der Waals surface area contributed by atoms with Gasteiger partial charge in [-0.25, -0.2) is 9.59 Å². The summed E-state index contributed by atoms with van der Waals surface area (Å²) in [5, 5.41) is 17.6. The number of hydrogen-bond acceptors (Lipinski definition) is 3. The van der Waals surface area contributed by atoms with Crippen LogP contribution in [0.2, 0.25) is 0 Å². The predicted octanol–water partition coefficient (Wildman–Crippen LogP) is 2.15. The molecule has 98 valence electrons. The molecule has 0 atom stereocenters. The summed E-state index contributed by atoms with van der Waals surface area (Å²) in [6.45, 7) is 5.33. The van der Waals surface area contributed by atoms with Gasteiger partial charge in [0, 0.05) is 0 Å². The molecule has 0 amide bonds. The van der Waals surface area contributed by atoms with E-state index in [1.54, 1.807) is 6.07 Å². The van der Waals surface area contributed by atoms with E-state index in [2.05, 4.69) is 0 Å². The predicted molar refractivity (Wildman–Crippen MR) is 65.2 cm³/mol. The SMILES string of the molecule is CC(C)(C)c1ccc(OCC(=O)O)c(C(=O)O)c1. The van der Waals surface area contributed by atoms with Gasteiger partial charge in [-0.3, -0.25) is 0 Å². The van der Waals surface area contributed by atoms with Crippen molar-refractivity contribution >= 4 is 11.9 Å². The summed E-state index contributed by atoms with van der Waals surface area (Å²) in [5.74, 6) is -2.22. The molecule has 0 unspecified atom stereocenters. The Balaban J connectivity index is 3.13. The van der Waals surface area contributed by atoms with Gasteiger partial charge in [0.1, 0.15) is 11.3 Å². The molecule has 0 saturated heterocycles. The molecular weight excluding hydrogens is 236 g/mol. The summed E-state index contributed by atoms with van der Waals surface area (Å²) in [4.78, 5) is 21.5. The minimum Gasteiger partial charge on any atom is -0.481 e. The summed E-state index contributed by atoms with van der Waals surface area (Å²) in [7, 11) is 0. The third-order valence-electron chi connectivity index (χ3n) is 2.43. The summed E-state index contributed by atoms with van der Waals surface area (Å²) >= 11 is 0. The van der Waals surface area contributed by atoms with E-state index in [1.807, 2.05) is 20.8 Å². The van der Waals surface area contributed by atoms with E-state index < -0.39 is 18.5 Å². The number of ether oxygens (including phenoxy) is 1. The fourth-order valence-corrected chi connectivity index (χ4v) is 1.43. The van der Waals surface area contributed by atoms with Gasteiger partial charge in [-0.1, -0.05) is 26.8 Å². The largest absolute Gasteiger partial charge is 0.481 e. The van der Waals surface area contributed by atoms with Gasteiger partial charge in [-0.2, -0.15) is 0 Å². The Bertz CT molecular complexity index is 471. The number of aliphatic carboxylic acids is 1. The summed E-state index contributed by atoms with van der Waals surface area (Å²) < 4.78 is 4.95. The van der Waals surface area contributed by atoms with Crippen LogP contribution in [0.4, 0.5) is 0 Å². The lowest BCUT2D eigenvalue weighted by atomic mass is 9.86. The minimum atomic E-state index is -1.15. The van der Waals surface area contributed by atoms with E-state index in [0.29, 0.717) is 0 Å². The highest BCUT2D eigenvalue weighted by molar-refractivity contribution is 5.91. The van der Waals surface area contributed by atoms with Crippen LogP contribution in [0.25, 0.3) is 0 Å². The van der Waals surface area contributed by atoms with Crippen LogP contribution in [0.1, 0.15) is 36.7 Å². The van der Waals surface area contributed by atoms with Crippen molar-refractivity contribution in [2.24, 2.45) is 0 Å². The van der Waals surface area contributed by atoms with Gasteiger partial charge in [0.15, 0.2) is 6.61 Å². The number of benzene rings is 1. The lowest BCUT2D eigenvalue weighted by Crippen LogP contribution is -2.15. The summed E-state index contributed by atoms with van der Waals surface area (Å²) in [6, 6.07) is 4.75. The maximum atomic E-state index is 11.1. The van der Waals surface area contributed by atoms with Gasteiger partial charge < -0.3 is 14.9 Å². The molecule has 0 spiro atoms. The lowest BCUT2D eigenvalue weighted by Gasteiger charge is -2.20. The van der Waals surface area contributed by atoms with Gasteiger partial charge >= 0.3 is 11.9 Å². The molecule has 0 aromatic heterocycles. The Kier molecular flexibility index (Phi) is 3.96. The average Bonchev–Trinajstić information content (AvgIpc) is 2.24. The first kappa shape index (κ1) is 14.0. The van der Waals surface area contributed by atoms with E-state index in [-0.39, 0.29) is 16.7 Å². The molecule has 1 aromatic carbocycles. The highest BCUT2D eigenvalue weighted by Gasteiger charge is 2.19. The van der Waals surface area contributed by atoms with Crippen molar-refractivity contribution in [2.45, 2.75) is 26.2 Å². The second-order valence-corrected chi connectivity index (χ2v) is 4.95. The zero-order valence-corrected chi connectivity index (χ0v) is 10.6. The molecule has 1 aromatic rings. The molecule has 5 heteroatoms. The molecule has 0 aliphatic rings. The van der Waals surface area contributed by atoms with Gasteiger partial charge in [0.25, 0.3) is 0 Å². The van der Waals surface area contributed by atoms with Crippen LogP contribution in [0.5, 0.6) is 5.75 Å². The zero-order valence-electron chi connectivity index (χ0n) is 10.6. The fourth-order valence-electron chi connectivity index (χ4n) is 1.43. The van der Waals surface area contributed by atoms with Gasteiger partial charge in [0.2, 0.25) is 0 Å². The number of hydrogen-bond donors (Lipinski definition) is 2. The molecule has 0 fully saturated rings. The monoisotopic (exact) mass is 252 g/mol. The first-order chi connectivity index (χ1) is 8.21. The Morgan fingerprint density at radius 2 is 1.83 bits per heavy atom. The van der Waals surface area contributed by atoms with Crippen molar-refractivity contribution in [3.05, 3.63) is 29.3 Å². The van der Waals surface area contributed by atoms with Crippen LogP contribution in [0, 0.1) is 0 Å². The smallest absolute Gasteiger partial charge is 0.341 e. The van der Waals surface area contributed by atoms with Crippen molar-refractivity contribution in [1.82, 2.24) is 0 Å². The van der Waals surface area contributed by atoms with Crippen LogP contribution >= 0.6 is 0 Å². The Hall–Kier alpha value is -2.04. The summed E-state index contributed by atoms with van der Waals surface area (Å²) in [5.41, 5.74) is 0.640. The first-order valence-corrected chi connectivity index (χ1v) is 5.44. The van der Waals surface area contributed by atoms with Crippen molar-refractivity contribution in [3.63, 3.8) is 0 Å². The van der Waals surface area contributed by atoms with Crippen molar-refractivity contribution in [3.8, 4) is 5.75 Å². The van der Waals surface area contributed by atoms with Crippen molar-refractivity contribution in [1.29, 1.82) is 0 Å². The molecule has 2 N–H and O–H groups in total. The maximum absolute atomic E-state index is 11.1. The van der Waals surface area contributed by atoms with Crippen LogP contribution in [0.15, 0.2) is 18.2 Å². The Labute approximate surface area is 105 Å². The number of carboxylic acid groups (broad SMARTS) is 2. The van der Waals surface area contributed by atoms with Crippen LogP contribution in [0.3, 0.4) is 0 Å². The Morgan fingerprint density at radius 1 is 1.22 bits per heavy atom. The second-order valence-electron chi connectivity index (χ2n) is 4.95. The zero-order chi connectivity index (χ0) is 13.9. The first-order valence-electron chi connectivity index (χ1n) is 5.44. The van der Waals surface area contributed by atoms with Gasteiger partial charge in [0.05, 0.1) is 0 Å². The molecule has 0 radical (unpaired) electrons. The van der Waals surface area contributed by atoms with Crippen LogP contribution in [-0.4, -0.2) is 28.8 Å². The van der Waals surface area contributed by atoms with Crippen molar-refractivity contribution in [2.75, 3.05) is 6.61 Å². The molecule has 0 heterocycles. The van der Waals surface area contributed by atoms with E-state index in [9.17, 15) is 9.59 Å². The van der Waals surface area contributed by atoms with Crippen molar-refractivity contribution < 1.29 is 24.5 Å². The molecule has 0 aliphatic heterocycles. The highest BCUT2D eigenvalue weighted by atomic mass is 16.5. The molecule has 5 nitrogen and oxygen atoms in total. The Morgan fingerprint density at radius 3 is 2.28 bits per heavy atom. The topological polar surface area (TPSA) is 83.8 Å². The third-order valence-corrected chi connectivity index (χ3v) is 2.43. The second kappa shape index (κ2) is 5.08. The minimum absolute atomic E-state index is 0.0244. The number of rotatable bonds is 4. The number of carboxylic acids is 2. The van der Waals surface area contributed by atoms with Gasteiger partial charge in [-0.15, -0.1) is 0 Å².